The third-order valence-corrected chi connectivity index (χ3v) is 3.90. The van der Waals surface area contributed by atoms with Gasteiger partial charge in [0.05, 0.1) is 0 Å². The van der Waals surface area contributed by atoms with Crippen LogP contribution in [-0.2, 0) is 0 Å². The van der Waals surface area contributed by atoms with E-state index >= 15 is 0 Å². The molecule has 0 aromatic carbocycles. The van der Waals surface area contributed by atoms with Crippen LogP contribution >= 0.6 is 0 Å². The van der Waals surface area contributed by atoms with E-state index in [1.54, 1.807) is 0 Å². The number of unbranched alkanes of at least 4 members (excludes halogenated alkanes) is 2. The predicted octanol–water partition coefficient (Wildman–Crippen LogP) is 4.64. The van der Waals surface area contributed by atoms with Crippen molar-refractivity contribution < 1.29 is 0 Å². The molecule has 0 heterocycles. The van der Waals surface area contributed by atoms with E-state index in [9.17, 15) is 0 Å². The maximum atomic E-state index is 2.47. The van der Waals surface area contributed by atoms with Gasteiger partial charge in [-0.2, -0.15) is 0 Å². The molecule has 1 fully saturated rings. The van der Waals surface area contributed by atoms with Gasteiger partial charge in [0, 0.05) is 0 Å². The quantitative estimate of drug-likeness (QED) is 0.543. The Balaban J connectivity index is 2.21. The lowest BCUT2D eigenvalue weighted by molar-refractivity contribution is 0.0621. The monoisotopic (exact) mass is 182 g/mol. The van der Waals surface area contributed by atoms with E-state index in [1.165, 1.54) is 38.5 Å². The van der Waals surface area contributed by atoms with Crippen LogP contribution in [0.2, 0.25) is 0 Å². The van der Waals surface area contributed by atoms with E-state index in [1.807, 2.05) is 0 Å². The van der Waals surface area contributed by atoms with Crippen LogP contribution in [0.15, 0.2) is 0 Å². The molecule has 0 nitrogen and oxygen atoms in total. The minimum absolute atomic E-state index is 0.627. The van der Waals surface area contributed by atoms with E-state index in [4.69, 9.17) is 0 Å². The Labute approximate surface area is 84.1 Å². The lowest BCUT2D eigenvalue weighted by atomic mass is 9.61. The van der Waals surface area contributed by atoms with Crippen molar-refractivity contribution in [2.45, 2.75) is 66.2 Å². The summed E-state index contributed by atoms with van der Waals surface area (Å²) in [5.74, 6) is 2.04. The smallest absolute Gasteiger partial charge is 0.0326 e. The van der Waals surface area contributed by atoms with Crippen LogP contribution in [0.3, 0.4) is 0 Å². The molecule has 1 aliphatic carbocycles. The van der Waals surface area contributed by atoms with E-state index in [-0.39, 0.29) is 0 Å². The molecule has 0 aromatic heterocycles. The Kier molecular flexibility index (Phi) is 3.82. The third kappa shape index (κ3) is 3.00. The normalized spacial score (nSPS) is 28.6. The lowest BCUT2D eigenvalue weighted by Crippen LogP contribution is -2.34. The Morgan fingerprint density at radius 2 is 1.77 bits per heavy atom. The SMILES string of the molecule is CCCCCC(C)(C)C1CC(C)C1. The molecule has 1 aliphatic rings. The molecule has 0 atom stereocenters. The maximum absolute atomic E-state index is 2.47. The van der Waals surface area contributed by atoms with Gasteiger partial charge in [0.15, 0.2) is 0 Å². The van der Waals surface area contributed by atoms with Crippen molar-refractivity contribution in [2.24, 2.45) is 17.3 Å². The third-order valence-electron chi connectivity index (χ3n) is 3.90. The summed E-state index contributed by atoms with van der Waals surface area (Å²) in [6.45, 7) is 9.62. The molecule has 13 heavy (non-hydrogen) atoms. The zero-order valence-corrected chi connectivity index (χ0v) is 9.90. The van der Waals surface area contributed by atoms with Crippen molar-refractivity contribution in [1.82, 2.24) is 0 Å². The molecule has 78 valence electrons. The number of hydrogen-bond donors (Lipinski definition) is 0. The van der Waals surface area contributed by atoms with E-state index in [0.717, 1.165) is 11.8 Å². The molecule has 0 bridgehead atoms. The topological polar surface area (TPSA) is 0 Å². The van der Waals surface area contributed by atoms with Crippen molar-refractivity contribution >= 4 is 0 Å². The largest absolute Gasteiger partial charge is 0.0654 e. The zero-order valence-electron chi connectivity index (χ0n) is 9.90. The van der Waals surface area contributed by atoms with Crippen molar-refractivity contribution in [3.8, 4) is 0 Å². The van der Waals surface area contributed by atoms with Gasteiger partial charge in [-0.3, -0.25) is 0 Å². The Morgan fingerprint density at radius 3 is 2.23 bits per heavy atom. The molecule has 0 saturated heterocycles. The minimum Gasteiger partial charge on any atom is -0.0654 e. The summed E-state index contributed by atoms with van der Waals surface area (Å²) >= 11 is 0. The molecule has 0 spiro atoms. The summed E-state index contributed by atoms with van der Waals surface area (Å²) in [5, 5.41) is 0. The van der Waals surface area contributed by atoms with Crippen molar-refractivity contribution in [3.63, 3.8) is 0 Å². The van der Waals surface area contributed by atoms with Crippen molar-refractivity contribution in [2.75, 3.05) is 0 Å². The average molecular weight is 182 g/mol. The Bertz CT molecular complexity index is 140. The van der Waals surface area contributed by atoms with Gasteiger partial charge in [-0.05, 0) is 36.5 Å². The first-order valence-electron chi connectivity index (χ1n) is 6.06. The van der Waals surface area contributed by atoms with E-state index in [0.29, 0.717) is 5.41 Å². The molecule has 1 rings (SSSR count). The first-order chi connectivity index (χ1) is 6.06. The van der Waals surface area contributed by atoms with Gasteiger partial charge in [0.2, 0.25) is 0 Å². The minimum atomic E-state index is 0.627. The van der Waals surface area contributed by atoms with E-state index in [2.05, 4.69) is 27.7 Å². The summed E-state index contributed by atoms with van der Waals surface area (Å²) in [5.41, 5.74) is 0.627. The highest BCUT2D eigenvalue weighted by Crippen LogP contribution is 2.47. The highest BCUT2D eigenvalue weighted by atomic mass is 14.4. The van der Waals surface area contributed by atoms with Gasteiger partial charge in [0.1, 0.15) is 0 Å². The van der Waals surface area contributed by atoms with Crippen LogP contribution < -0.4 is 0 Å². The zero-order chi connectivity index (χ0) is 9.90. The van der Waals surface area contributed by atoms with Gasteiger partial charge < -0.3 is 0 Å². The van der Waals surface area contributed by atoms with Crippen LogP contribution in [0.25, 0.3) is 0 Å². The van der Waals surface area contributed by atoms with Crippen molar-refractivity contribution in [3.05, 3.63) is 0 Å². The summed E-state index contributed by atoms with van der Waals surface area (Å²) in [6, 6.07) is 0. The molecule has 0 N–H and O–H groups in total. The summed E-state index contributed by atoms with van der Waals surface area (Å²) in [7, 11) is 0. The maximum Gasteiger partial charge on any atom is -0.0326 e. The van der Waals surface area contributed by atoms with Gasteiger partial charge in [-0.15, -0.1) is 0 Å². The molecule has 0 heteroatoms. The van der Waals surface area contributed by atoms with Crippen LogP contribution in [0.1, 0.15) is 66.2 Å². The Morgan fingerprint density at radius 1 is 1.15 bits per heavy atom. The average Bonchev–Trinajstić information content (AvgIpc) is 1.99. The highest BCUT2D eigenvalue weighted by Gasteiger charge is 2.37. The fraction of sp³-hybridized carbons (Fsp3) is 1.00. The second-order valence-electron chi connectivity index (χ2n) is 5.72. The highest BCUT2D eigenvalue weighted by molar-refractivity contribution is 4.87. The second kappa shape index (κ2) is 4.48. The molecular weight excluding hydrogens is 156 g/mol. The fourth-order valence-electron chi connectivity index (χ4n) is 2.58. The Hall–Kier alpha value is 0. The van der Waals surface area contributed by atoms with Crippen LogP contribution in [0.5, 0.6) is 0 Å². The van der Waals surface area contributed by atoms with E-state index < -0.39 is 0 Å². The first-order valence-corrected chi connectivity index (χ1v) is 6.06. The first kappa shape index (κ1) is 11.1. The lowest BCUT2D eigenvalue weighted by Gasteiger charge is -2.44. The predicted molar refractivity (Wildman–Crippen MR) is 59.8 cm³/mol. The van der Waals surface area contributed by atoms with Gasteiger partial charge in [0.25, 0.3) is 0 Å². The number of rotatable bonds is 5. The summed E-state index contributed by atoms with van der Waals surface area (Å²) in [6.07, 6.45) is 8.63. The number of hydrogen-bond acceptors (Lipinski definition) is 0. The molecule has 1 saturated carbocycles. The molecule has 0 aromatic rings. The molecule has 0 unspecified atom stereocenters. The van der Waals surface area contributed by atoms with Crippen LogP contribution in [0, 0.1) is 17.3 Å². The van der Waals surface area contributed by atoms with Gasteiger partial charge in [-0.1, -0.05) is 47.0 Å². The molecule has 0 radical (unpaired) electrons. The van der Waals surface area contributed by atoms with Crippen LogP contribution in [0.4, 0.5) is 0 Å². The summed E-state index contributed by atoms with van der Waals surface area (Å²) < 4.78 is 0. The van der Waals surface area contributed by atoms with Crippen LogP contribution in [-0.4, -0.2) is 0 Å². The fourth-order valence-corrected chi connectivity index (χ4v) is 2.58. The van der Waals surface area contributed by atoms with Gasteiger partial charge >= 0.3 is 0 Å². The molecule has 0 amide bonds. The standard InChI is InChI=1S/C13H26/c1-5-6-7-8-13(3,4)12-9-11(2)10-12/h11-12H,5-10H2,1-4H3. The summed E-state index contributed by atoms with van der Waals surface area (Å²) in [4.78, 5) is 0. The molecular formula is C13H26. The second-order valence-corrected chi connectivity index (χ2v) is 5.72. The molecule has 0 aliphatic heterocycles. The van der Waals surface area contributed by atoms with Crippen molar-refractivity contribution in [1.29, 1.82) is 0 Å². The van der Waals surface area contributed by atoms with Gasteiger partial charge in [-0.25, -0.2) is 0 Å².